The first-order valence-electron chi connectivity index (χ1n) is 8.44. The molecule has 1 amide bonds. The van der Waals surface area contributed by atoms with Crippen molar-refractivity contribution in [3.05, 3.63) is 70.8 Å². The lowest BCUT2D eigenvalue weighted by molar-refractivity contribution is -0.148. The summed E-state index contributed by atoms with van der Waals surface area (Å²) in [5.41, 5.74) is 2.56. The number of nitrogens with zero attached hydrogens (tertiary/aromatic N) is 1. The molecule has 2 aromatic carbocycles. The third kappa shape index (κ3) is 4.93. The minimum absolute atomic E-state index is 0.00784. The van der Waals surface area contributed by atoms with Crippen molar-refractivity contribution in [2.45, 2.75) is 33.4 Å². The molecule has 0 aliphatic rings. The van der Waals surface area contributed by atoms with Crippen molar-refractivity contribution in [2.75, 3.05) is 0 Å². The lowest BCUT2D eigenvalue weighted by atomic mass is 10.0. The Kier molecular flexibility index (Phi) is 6.51. The fraction of sp³-hybridized carbons (Fsp3) is 0.286. The van der Waals surface area contributed by atoms with Crippen LogP contribution in [0, 0.1) is 24.2 Å². The molecule has 0 saturated carbocycles. The molecule has 0 saturated heterocycles. The van der Waals surface area contributed by atoms with Gasteiger partial charge in [0.05, 0.1) is 11.6 Å². The molecule has 2 rings (SSSR count). The zero-order valence-corrected chi connectivity index (χ0v) is 15.2. The molecule has 0 aromatic heterocycles. The summed E-state index contributed by atoms with van der Waals surface area (Å²) in [6.07, 6.45) is 0. The molecular weight excluding hydrogens is 328 g/mol. The molecule has 0 bridgehead atoms. The van der Waals surface area contributed by atoms with Crippen LogP contribution in [0.3, 0.4) is 0 Å². The average molecular weight is 350 g/mol. The van der Waals surface area contributed by atoms with Crippen LogP contribution in [0.2, 0.25) is 0 Å². The summed E-state index contributed by atoms with van der Waals surface area (Å²) in [5.74, 6) is -0.974. The van der Waals surface area contributed by atoms with Crippen LogP contribution in [0.4, 0.5) is 0 Å². The highest BCUT2D eigenvalue weighted by Crippen LogP contribution is 2.12. The van der Waals surface area contributed by atoms with Crippen molar-refractivity contribution in [2.24, 2.45) is 5.92 Å². The topological polar surface area (TPSA) is 79.2 Å². The van der Waals surface area contributed by atoms with Gasteiger partial charge in [0.25, 0.3) is 5.91 Å². The van der Waals surface area contributed by atoms with Gasteiger partial charge in [-0.3, -0.25) is 4.79 Å². The zero-order chi connectivity index (χ0) is 19.1. The number of carbonyl (C=O) groups excluding carboxylic acids is 2. The number of esters is 1. The maximum absolute atomic E-state index is 12.5. The Morgan fingerprint density at radius 3 is 2.54 bits per heavy atom. The Hall–Kier alpha value is -3.13. The van der Waals surface area contributed by atoms with Crippen LogP contribution in [0.25, 0.3) is 0 Å². The monoisotopic (exact) mass is 350 g/mol. The van der Waals surface area contributed by atoms with Crippen LogP contribution in [-0.2, 0) is 16.1 Å². The van der Waals surface area contributed by atoms with Gasteiger partial charge in [0.1, 0.15) is 12.6 Å². The van der Waals surface area contributed by atoms with Gasteiger partial charge in [-0.2, -0.15) is 5.26 Å². The highest BCUT2D eigenvalue weighted by atomic mass is 16.5. The number of nitrogens with one attached hydrogen (secondary N) is 1. The molecular formula is C21H22N2O3. The molecule has 1 N–H and O–H groups in total. The molecule has 0 spiro atoms. The number of carbonyl (C=O) groups is 2. The molecule has 5 nitrogen and oxygen atoms in total. The quantitative estimate of drug-likeness (QED) is 0.810. The minimum atomic E-state index is -0.766. The maximum atomic E-state index is 12.5. The Morgan fingerprint density at radius 1 is 1.15 bits per heavy atom. The zero-order valence-electron chi connectivity index (χ0n) is 15.2. The molecule has 0 unspecified atom stereocenters. The number of rotatable bonds is 6. The predicted octanol–water partition coefficient (Wildman–Crippen LogP) is 3.36. The van der Waals surface area contributed by atoms with Crippen LogP contribution >= 0.6 is 0 Å². The predicted molar refractivity (Wildman–Crippen MR) is 98.2 cm³/mol. The Labute approximate surface area is 153 Å². The molecule has 2 aromatic rings. The summed E-state index contributed by atoms with van der Waals surface area (Å²) in [6, 6.07) is 15.4. The number of hydrogen-bond acceptors (Lipinski definition) is 4. The molecule has 5 heteroatoms. The van der Waals surface area contributed by atoms with Gasteiger partial charge in [0, 0.05) is 11.1 Å². The first-order chi connectivity index (χ1) is 12.4. The van der Waals surface area contributed by atoms with E-state index < -0.39 is 12.0 Å². The number of nitriles is 1. The first kappa shape index (κ1) is 19.2. The highest BCUT2D eigenvalue weighted by Gasteiger charge is 2.26. The van der Waals surface area contributed by atoms with Crippen LogP contribution in [0.1, 0.15) is 40.9 Å². The van der Waals surface area contributed by atoms with Crippen LogP contribution in [0.15, 0.2) is 48.5 Å². The van der Waals surface area contributed by atoms with Crippen LogP contribution < -0.4 is 5.32 Å². The Balaban J connectivity index is 2.05. The summed E-state index contributed by atoms with van der Waals surface area (Å²) in [4.78, 5) is 24.9. The van der Waals surface area contributed by atoms with E-state index in [1.54, 1.807) is 42.5 Å². The number of hydrogen-bond donors (Lipinski definition) is 1. The Bertz CT molecular complexity index is 837. The van der Waals surface area contributed by atoms with E-state index in [0.29, 0.717) is 16.7 Å². The molecule has 0 heterocycles. The fourth-order valence-corrected chi connectivity index (χ4v) is 2.50. The van der Waals surface area contributed by atoms with Gasteiger partial charge in [-0.15, -0.1) is 0 Å². The molecule has 0 aliphatic carbocycles. The third-order valence-corrected chi connectivity index (χ3v) is 4.00. The Morgan fingerprint density at radius 2 is 1.88 bits per heavy atom. The number of aryl methyl sites for hydroxylation is 1. The SMILES string of the molecule is Cc1cccc(C(=O)N[C@H](C(=O)OCc2ccccc2C#N)C(C)C)c1. The van der Waals surface area contributed by atoms with Gasteiger partial charge in [-0.25, -0.2) is 4.79 Å². The second kappa shape index (κ2) is 8.82. The van der Waals surface area contributed by atoms with E-state index >= 15 is 0 Å². The van der Waals surface area contributed by atoms with E-state index in [0.717, 1.165) is 5.56 Å². The van der Waals surface area contributed by atoms with Gasteiger partial charge < -0.3 is 10.1 Å². The standard InChI is InChI=1S/C21H22N2O3/c1-14(2)19(23-20(24)16-10-6-7-15(3)11-16)21(25)26-13-18-9-5-4-8-17(18)12-22/h4-11,14,19H,13H2,1-3H3,(H,23,24)/t19-/m0/s1. The van der Waals surface area contributed by atoms with E-state index in [4.69, 9.17) is 10.00 Å². The molecule has 0 aliphatic heterocycles. The van der Waals surface area contributed by atoms with Gasteiger partial charge in [-0.05, 0) is 31.0 Å². The lowest BCUT2D eigenvalue weighted by Gasteiger charge is -2.21. The number of amides is 1. The summed E-state index contributed by atoms with van der Waals surface area (Å²) >= 11 is 0. The number of benzene rings is 2. The second-order valence-electron chi connectivity index (χ2n) is 6.44. The summed E-state index contributed by atoms with van der Waals surface area (Å²) in [6.45, 7) is 5.57. The third-order valence-electron chi connectivity index (χ3n) is 4.00. The average Bonchev–Trinajstić information content (AvgIpc) is 2.63. The maximum Gasteiger partial charge on any atom is 0.329 e. The van der Waals surface area contributed by atoms with Gasteiger partial charge >= 0.3 is 5.97 Å². The van der Waals surface area contributed by atoms with Gasteiger partial charge in [0.15, 0.2) is 0 Å². The van der Waals surface area contributed by atoms with E-state index in [9.17, 15) is 9.59 Å². The normalized spacial score (nSPS) is 11.5. The van der Waals surface area contributed by atoms with Crippen molar-refractivity contribution < 1.29 is 14.3 Å². The minimum Gasteiger partial charge on any atom is -0.459 e. The summed E-state index contributed by atoms with van der Waals surface area (Å²) < 4.78 is 5.35. The van der Waals surface area contributed by atoms with Crippen LogP contribution in [-0.4, -0.2) is 17.9 Å². The largest absolute Gasteiger partial charge is 0.459 e. The fourth-order valence-electron chi connectivity index (χ4n) is 2.50. The molecule has 0 radical (unpaired) electrons. The van der Waals surface area contributed by atoms with E-state index in [-0.39, 0.29) is 18.4 Å². The first-order valence-corrected chi connectivity index (χ1v) is 8.44. The van der Waals surface area contributed by atoms with E-state index in [2.05, 4.69) is 11.4 Å². The second-order valence-corrected chi connectivity index (χ2v) is 6.44. The van der Waals surface area contributed by atoms with Crippen molar-refractivity contribution in [3.8, 4) is 6.07 Å². The van der Waals surface area contributed by atoms with E-state index in [1.807, 2.05) is 26.8 Å². The van der Waals surface area contributed by atoms with Gasteiger partial charge in [0.2, 0.25) is 0 Å². The lowest BCUT2D eigenvalue weighted by Crippen LogP contribution is -2.45. The summed E-state index contributed by atoms with van der Waals surface area (Å²) in [7, 11) is 0. The summed E-state index contributed by atoms with van der Waals surface area (Å²) in [5, 5.41) is 11.8. The highest BCUT2D eigenvalue weighted by molar-refractivity contribution is 5.97. The smallest absolute Gasteiger partial charge is 0.329 e. The molecule has 1 atom stereocenters. The van der Waals surface area contributed by atoms with Gasteiger partial charge in [-0.1, -0.05) is 49.7 Å². The number of ether oxygens (including phenoxy) is 1. The van der Waals surface area contributed by atoms with E-state index in [1.165, 1.54) is 0 Å². The van der Waals surface area contributed by atoms with Crippen molar-refractivity contribution in [3.63, 3.8) is 0 Å². The molecule has 134 valence electrons. The van der Waals surface area contributed by atoms with Crippen molar-refractivity contribution in [1.29, 1.82) is 5.26 Å². The van der Waals surface area contributed by atoms with Crippen LogP contribution in [0.5, 0.6) is 0 Å². The molecule has 26 heavy (non-hydrogen) atoms. The van der Waals surface area contributed by atoms with Crippen molar-refractivity contribution in [1.82, 2.24) is 5.32 Å². The van der Waals surface area contributed by atoms with Crippen molar-refractivity contribution >= 4 is 11.9 Å². The molecule has 0 fully saturated rings.